The molecule has 0 spiro atoms. The minimum absolute atomic E-state index is 0.765. The van der Waals surface area contributed by atoms with Gasteiger partial charge in [-0.15, -0.1) is 0 Å². The molecule has 0 aliphatic carbocycles. The molecule has 1 nitrogen and oxygen atoms in total. The van der Waals surface area contributed by atoms with Gasteiger partial charge < -0.3 is 4.98 Å². The Morgan fingerprint density at radius 3 is 2.64 bits per heavy atom. The number of aromatic amines is 1. The van der Waals surface area contributed by atoms with E-state index in [-0.39, 0.29) is 0 Å². The van der Waals surface area contributed by atoms with E-state index in [1.807, 2.05) is 54.9 Å². The van der Waals surface area contributed by atoms with E-state index in [2.05, 4.69) is 4.98 Å². The van der Waals surface area contributed by atoms with Crippen LogP contribution in [0.3, 0.4) is 0 Å². The lowest BCUT2D eigenvalue weighted by molar-refractivity contribution is 1.41. The number of nitrogens with one attached hydrogen (secondary N) is 1. The fourth-order valence-electron chi connectivity index (χ4n) is 1.24. The molecule has 0 saturated heterocycles. The Balaban J connectivity index is 2.18. The quantitative estimate of drug-likeness (QED) is 0.764. The minimum Gasteiger partial charge on any atom is -0.367 e. The van der Waals surface area contributed by atoms with Crippen molar-refractivity contribution in [1.82, 2.24) is 4.98 Å². The van der Waals surface area contributed by atoms with Gasteiger partial charge in [0, 0.05) is 17.4 Å². The summed E-state index contributed by atoms with van der Waals surface area (Å²) in [5.41, 5.74) is 2.27. The molecule has 0 bridgehead atoms. The van der Waals surface area contributed by atoms with Crippen molar-refractivity contribution in [3.05, 3.63) is 58.9 Å². The van der Waals surface area contributed by atoms with Gasteiger partial charge in [-0.2, -0.15) is 0 Å². The largest absolute Gasteiger partial charge is 0.367 e. The predicted octanol–water partition coefficient (Wildman–Crippen LogP) is 3.84. The van der Waals surface area contributed by atoms with Gasteiger partial charge in [-0.3, -0.25) is 0 Å². The second-order valence-electron chi connectivity index (χ2n) is 3.03. The summed E-state index contributed by atoms with van der Waals surface area (Å²) in [6, 6.07) is 9.79. The van der Waals surface area contributed by atoms with E-state index >= 15 is 0 Å². The molecule has 1 aromatic carbocycles. The normalized spacial score (nSPS) is 10.9. The molecule has 2 rings (SSSR count). The lowest BCUT2D eigenvalue weighted by atomic mass is 10.2. The van der Waals surface area contributed by atoms with Gasteiger partial charge in [-0.1, -0.05) is 35.9 Å². The van der Waals surface area contributed by atoms with E-state index in [9.17, 15) is 0 Å². The van der Waals surface area contributed by atoms with Crippen molar-refractivity contribution < 1.29 is 0 Å². The van der Waals surface area contributed by atoms with Crippen LogP contribution in [0.1, 0.15) is 11.1 Å². The fourth-order valence-corrected chi connectivity index (χ4v) is 1.44. The molecule has 1 aromatic heterocycles. The van der Waals surface area contributed by atoms with Crippen LogP contribution in [0, 0.1) is 0 Å². The third-order valence-corrected chi connectivity index (χ3v) is 2.17. The topological polar surface area (TPSA) is 15.8 Å². The number of halogens is 1. The van der Waals surface area contributed by atoms with E-state index in [0.29, 0.717) is 0 Å². The molecule has 0 unspecified atom stereocenters. The monoisotopic (exact) mass is 203 g/mol. The second-order valence-corrected chi connectivity index (χ2v) is 3.47. The molecule has 0 radical (unpaired) electrons. The molecule has 0 atom stereocenters. The number of rotatable bonds is 2. The first-order valence-corrected chi connectivity index (χ1v) is 4.79. The number of hydrogen-bond donors (Lipinski definition) is 1. The van der Waals surface area contributed by atoms with Crippen LogP contribution in [0.15, 0.2) is 42.7 Å². The summed E-state index contributed by atoms with van der Waals surface area (Å²) >= 11 is 5.87. The van der Waals surface area contributed by atoms with E-state index in [0.717, 1.165) is 16.1 Å². The third kappa shape index (κ3) is 2.27. The Kier molecular flexibility index (Phi) is 2.70. The summed E-state index contributed by atoms with van der Waals surface area (Å²) in [5, 5.41) is 0.765. The summed E-state index contributed by atoms with van der Waals surface area (Å²) in [5.74, 6) is 0. The van der Waals surface area contributed by atoms with Crippen molar-refractivity contribution >= 4 is 23.8 Å². The lowest BCUT2D eigenvalue weighted by Gasteiger charge is -1.93. The zero-order valence-electron chi connectivity index (χ0n) is 7.57. The minimum atomic E-state index is 0.765. The summed E-state index contributed by atoms with van der Waals surface area (Å²) in [7, 11) is 0. The first-order chi connectivity index (χ1) is 6.84. The van der Waals surface area contributed by atoms with Crippen molar-refractivity contribution in [3.8, 4) is 0 Å². The average molecular weight is 204 g/mol. The zero-order valence-corrected chi connectivity index (χ0v) is 8.33. The SMILES string of the molecule is Clc1cccc(/C=C/c2cc[nH]c2)c1. The third-order valence-electron chi connectivity index (χ3n) is 1.94. The van der Waals surface area contributed by atoms with Crippen molar-refractivity contribution in [2.75, 3.05) is 0 Å². The standard InChI is InChI=1S/C12H10ClN/c13-12-3-1-2-10(8-12)4-5-11-6-7-14-9-11/h1-9,14H/b5-4+. The maximum absolute atomic E-state index is 5.87. The highest BCUT2D eigenvalue weighted by Crippen LogP contribution is 2.13. The molecule has 70 valence electrons. The van der Waals surface area contributed by atoms with Gasteiger partial charge in [0.15, 0.2) is 0 Å². The zero-order chi connectivity index (χ0) is 9.80. The molecule has 2 heteroatoms. The van der Waals surface area contributed by atoms with Crippen molar-refractivity contribution in [2.45, 2.75) is 0 Å². The van der Waals surface area contributed by atoms with Crippen LogP contribution < -0.4 is 0 Å². The molecular formula is C12H10ClN. The van der Waals surface area contributed by atoms with Crippen LogP contribution in [-0.2, 0) is 0 Å². The maximum atomic E-state index is 5.87. The lowest BCUT2D eigenvalue weighted by Crippen LogP contribution is -1.70. The number of benzene rings is 1. The molecule has 2 aromatic rings. The van der Waals surface area contributed by atoms with Crippen LogP contribution in [0.25, 0.3) is 12.2 Å². The van der Waals surface area contributed by atoms with Crippen LogP contribution in [0.2, 0.25) is 5.02 Å². The number of hydrogen-bond acceptors (Lipinski definition) is 0. The van der Waals surface area contributed by atoms with Crippen LogP contribution in [-0.4, -0.2) is 4.98 Å². The van der Waals surface area contributed by atoms with Crippen molar-refractivity contribution in [1.29, 1.82) is 0 Å². The molecule has 0 saturated carbocycles. The molecule has 0 fully saturated rings. The number of H-pyrrole nitrogens is 1. The average Bonchev–Trinajstić information content (AvgIpc) is 2.67. The first-order valence-electron chi connectivity index (χ1n) is 4.41. The highest BCUT2D eigenvalue weighted by Gasteiger charge is 1.89. The van der Waals surface area contributed by atoms with Gasteiger partial charge >= 0.3 is 0 Å². The summed E-state index contributed by atoms with van der Waals surface area (Å²) in [6.07, 6.45) is 7.93. The Morgan fingerprint density at radius 2 is 1.93 bits per heavy atom. The number of aromatic nitrogens is 1. The summed E-state index contributed by atoms with van der Waals surface area (Å²) < 4.78 is 0. The van der Waals surface area contributed by atoms with E-state index in [4.69, 9.17) is 11.6 Å². The second kappa shape index (κ2) is 4.16. The Labute approximate surface area is 88.0 Å². The molecule has 0 aliphatic rings. The first kappa shape index (κ1) is 9.10. The molecular weight excluding hydrogens is 194 g/mol. The Hall–Kier alpha value is -1.47. The van der Waals surface area contributed by atoms with Gasteiger partial charge in [-0.05, 0) is 29.3 Å². The molecule has 14 heavy (non-hydrogen) atoms. The van der Waals surface area contributed by atoms with Crippen LogP contribution in [0.5, 0.6) is 0 Å². The van der Waals surface area contributed by atoms with Gasteiger partial charge in [0.2, 0.25) is 0 Å². The van der Waals surface area contributed by atoms with E-state index < -0.39 is 0 Å². The summed E-state index contributed by atoms with van der Waals surface area (Å²) in [6.45, 7) is 0. The van der Waals surface area contributed by atoms with E-state index in [1.54, 1.807) is 0 Å². The highest BCUT2D eigenvalue weighted by molar-refractivity contribution is 6.30. The van der Waals surface area contributed by atoms with Crippen molar-refractivity contribution in [2.24, 2.45) is 0 Å². The van der Waals surface area contributed by atoms with Crippen LogP contribution >= 0.6 is 11.6 Å². The Morgan fingerprint density at radius 1 is 1.07 bits per heavy atom. The molecule has 1 heterocycles. The highest BCUT2D eigenvalue weighted by atomic mass is 35.5. The smallest absolute Gasteiger partial charge is 0.0411 e. The van der Waals surface area contributed by atoms with Gasteiger partial charge in [0.1, 0.15) is 0 Å². The molecule has 0 aliphatic heterocycles. The fraction of sp³-hybridized carbons (Fsp3) is 0. The van der Waals surface area contributed by atoms with Gasteiger partial charge in [0.25, 0.3) is 0 Å². The van der Waals surface area contributed by atoms with Crippen molar-refractivity contribution in [3.63, 3.8) is 0 Å². The van der Waals surface area contributed by atoms with E-state index in [1.165, 1.54) is 0 Å². The Bertz CT molecular complexity index is 429. The van der Waals surface area contributed by atoms with Gasteiger partial charge in [-0.25, -0.2) is 0 Å². The van der Waals surface area contributed by atoms with Crippen LogP contribution in [0.4, 0.5) is 0 Å². The summed E-state index contributed by atoms with van der Waals surface area (Å²) in [4.78, 5) is 3.00. The predicted molar refractivity (Wildman–Crippen MR) is 61.2 cm³/mol. The maximum Gasteiger partial charge on any atom is 0.0411 e. The van der Waals surface area contributed by atoms with Gasteiger partial charge in [0.05, 0.1) is 0 Å². The molecule has 1 N–H and O–H groups in total. The molecule has 0 amide bonds.